The van der Waals surface area contributed by atoms with E-state index in [-0.39, 0.29) is 0 Å². The third kappa shape index (κ3) is 2.63. The predicted molar refractivity (Wildman–Crippen MR) is 74.2 cm³/mol. The maximum Gasteiger partial charge on any atom is 0.311 e. The topological polar surface area (TPSA) is 93.8 Å². The summed E-state index contributed by atoms with van der Waals surface area (Å²) in [6.45, 7) is 0.305. The molecule has 2 aromatic rings. The van der Waals surface area contributed by atoms with Crippen molar-refractivity contribution >= 4 is 5.97 Å². The summed E-state index contributed by atoms with van der Waals surface area (Å²) in [4.78, 5) is 15.8. The molecule has 0 bridgehead atoms. The number of pyridine rings is 1. The van der Waals surface area contributed by atoms with Crippen molar-refractivity contribution in [2.75, 3.05) is 0 Å². The van der Waals surface area contributed by atoms with Gasteiger partial charge in [-0.15, -0.1) is 5.10 Å². The van der Waals surface area contributed by atoms with Crippen LogP contribution < -0.4 is 0 Å². The fraction of sp³-hybridized carbons (Fsp3) is 0.500. The molecule has 0 aromatic carbocycles. The van der Waals surface area contributed by atoms with Gasteiger partial charge < -0.3 is 5.11 Å². The van der Waals surface area contributed by atoms with Crippen molar-refractivity contribution < 1.29 is 9.90 Å². The average molecular weight is 287 g/mol. The molecule has 1 aliphatic carbocycles. The van der Waals surface area contributed by atoms with E-state index >= 15 is 0 Å². The SMILES string of the molecule is O=C(O)C1(Cn2nnnc2-c2cccnc2)CCCCC1. The molecule has 0 unspecified atom stereocenters. The van der Waals surface area contributed by atoms with Crippen LogP contribution in [-0.4, -0.2) is 36.3 Å². The summed E-state index contributed by atoms with van der Waals surface area (Å²) < 4.78 is 1.59. The van der Waals surface area contributed by atoms with Gasteiger partial charge in [-0.3, -0.25) is 9.78 Å². The zero-order valence-electron chi connectivity index (χ0n) is 11.6. The highest BCUT2D eigenvalue weighted by Crippen LogP contribution is 2.38. The van der Waals surface area contributed by atoms with Gasteiger partial charge in [0, 0.05) is 18.0 Å². The first kappa shape index (κ1) is 13.7. The monoisotopic (exact) mass is 287 g/mol. The summed E-state index contributed by atoms with van der Waals surface area (Å²) in [6, 6.07) is 3.67. The molecule has 0 saturated heterocycles. The minimum absolute atomic E-state index is 0.305. The highest BCUT2D eigenvalue weighted by molar-refractivity contribution is 5.74. The second-order valence-electron chi connectivity index (χ2n) is 5.55. The van der Waals surface area contributed by atoms with Crippen LogP contribution in [0.25, 0.3) is 11.4 Å². The van der Waals surface area contributed by atoms with E-state index in [1.165, 1.54) is 0 Å². The number of rotatable bonds is 4. The molecule has 0 amide bonds. The second kappa shape index (κ2) is 5.59. The maximum absolute atomic E-state index is 11.8. The highest BCUT2D eigenvalue weighted by Gasteiger charge is 2.41. The van der Waals surface area contributed by atoms with Gasteiger partial charge in [-0.05, 0) is 35.4 Å². The highest BCUT2D eigenvalue weighted by atomic mass is 16.4. The Bertz CT molecular complexity index is 619. The van der Waals surface area contributed by atoms with E-state index in [9.17, 15) is 9.90 Å². The minimum Gasteiger partial charge on any atom is -0.481 e. The van der Waals surface area contributed by atoms with Gasteiger partial charge >= 0.3 is 5.97 Å². The zero-order valence-corrected chi connectivity index (χ0v) is 11.6. The van der Waals surface area contributed by atoms with E-state index in [1.807, 2.05) is 12.1 Å². The van der Waals surface area contributed by atoms with Crippen molar-refractivity contribution in [2.24, 2.45) is 5.41 Å². The van der Waals surface area contributed by atoms with Crippen LogP contribution in [0.2, 0.25) is 0 Å². The Morgan fingerprint density at radius 2 is 2.14 bits per heavy atom. The summed E-state index contributed by atoms with van der Waals surface area (Å²) in [5.74, 6) is -0.191. The number of nitrogens with zero attached hydrogens (tertiary/aromatic N) is 5. The minimum atomic E-state index is -0.759. The van der Waals surface area contributed by atoms with Crippen LogP contribution >= 0.6 is 0 Å². The second-order valence-corrected chi connectivity index (χ2v) is 5.55. The predicted octanol–water partition coefficient (Wildman–Crippen LogP) is 1.77. The summed E-state index contributed by atoms with van der Waals surface area (Å²) >= 11 is 0. The zero-order chi connectivity index (χ0) is 14.7. The Labute approximate surface area is 122 Å². The maximum atomic E-state index is 11.8. The number of aromatic nitrogens is 5. The molecule has 110 valence electrons. The summed E-state index contributed by atoms with van der Waals surface area (Å²) in [6.07, 6.45) is 7.69. The number of hydrogen-bond donors (Lipinski definition) is 1. The Hall–Kier alpha value is -2.31. The molecule has 2 heterocycles. The number of tetrazole rings is 1. The summed E-state index contributed by atoms with van der Waals surface area (Å²) in [5, 5.41) is 21.3. The lowest BCUT2D eigenvalue weighted by Crippen LogP contribution is -2.38. The molecule has 1 saturated carbocycles. The van der Waals surface area contributed by atoms with Crippen molar-refractivity contribution in [1.82, 2.24) is 25.2 Å². The Kier molecular flexibility index (Phi) is 3.64. The van der Waals surface area contributed by atoms with Crippen LogP contribution in [0.5, 0.6) is 0 Å². The quantitative estimate of drug-likeness (QED) is 0.921. The molecule has 7 nitrogen and oxygen atoms in total. The van der Waals surface area contributed by atoms with E-state index in [0.717, 1.165) is 24.8 Å². The molecule has 7 heteroatoms. The van der Waals surface area contributed by atoms with E-state index in [0.29, 0.717) is 25.2 Å². The molecule has 21 heavy (non-hydrogen) atoms. The van der Waals surface area contributed by atoms with Crippen molar-refractivity contribution in [2.45, 2.75) is 38.6 Å². The smallest absolute Gasteiger partial charge is 0.311 e. The first-order valence-corrected chi connectivity index (χ1v) is 7.11. The molecule has 2 aromatic heterocycles. The van der Waals surface area contributed by atoms with E-state index in [4.69, 9.17) is 0 Å². The van der Waals surface area contributed by atoms with Gasteiger partial charge in [0.2, 0.25) is 0 Å². The lowest BCUT2D eigenvalue weighted by atomic mass is 9.74. The van der Waals surface area contributed by atoms with Crippen LogP contribution in [0, 0.1) is 5.41 Å². The molecule has 1 aliphatic rings. The number of carboxylic acids is 1. The number of carbonyl (C=O) groups is 1. The standard InChI is InChI=1S/C14H17N5O2/c20-13(21)14(6-2-1-3-7-14)10-19-12(16-17-18-19)11-5-4-8-15-9-11/h4-5,8-9H,1-3,6-7,10H2,(H,20,21). The van der Waals surface area contributed by atoms with E-state index in [2.05, 4.69) is 20.5 Å². The molecule has 0 aliphatic heterocycles. The van der Waals surface area contributed by atoms with E-state index in [1.54, 1.807) is 17.1 Å². The van der Waals surface area contributed by atoms with Gasteiger partial charge in [-0.2, -0.15) is 0 Å². The molecule has 0 radical (unpaired) electrons. The van der Waals surface area contributed by atoms with Crippen LogP contribution in [0.4, 0.5) is 0 Å². The lowest BCUT2D eigenvalue weighted by Gasteiger charge is -2.32. The van der Waals surface area contributed by atoms with Crippen LogP contribution in [-0.2, 0) is 11.3 Å². The molecule has 0 atom stereocenters. The summed E-state index contributed by atoms with van der Waals surface area (Å²) in [7, 11) is 0. The fourth-order valence-electron chi connectivity index (χ4n) is 2.97. The Balaban J connectivity index is 1.91. The van der Waals surface area contributed by atoms with Crippen molar-refractivity contribution in [3.8, 4) is 11.4 Å². The van der Waals surface area contributed by atoms with Crippen LogP contribution in [0.3, 0.4) is 0 Å². The molecule has 1 N–H and O–H groups in total. The largest absolute Gasteiger partial charge is 0.481 e. The van der Waals surface area contributed by atoms with Crippen molar-refractivity contribution in [3.05, 3.63) is 24.5 Å². The first-order valence-electron chi connectivity index (χ1n) is 7.11. The normalized spacial score (nSPS) is 17.5. The summed E-state index contributed by atoms with van der Waals surface area (Å²) in [5.41, 5.74) is 0.0313. The number of carboxylic acid groups (broad SMARTS) is 1. The van der Waals surface area contributed by atoms with Gasteiger partial charge in [0.05, 0.1) is 12.0 Å². The van der Waals surface area contributed by atoms with Gasteiger partial charge in [0.15, 0.2) is 5.82 Å². The van der Waals surface area contributed by atoms with Crippen molar-refractivity contribution in [3.63, 3.8) is 0 Å². The lowest BCUT2D eigenvalue weighted by molar-refractivity contribution is -0.152. The molecular weight excluding hydrogens is 270 g/mol. The van der Waals surface area contributed by atoms with Gasteiger partial charge in [0.1, 0.15) is 0 Å². The number of hydrogen-bond acceptors (Lipinski definition) is 5. The first-order chi connectivity index (χ1) is 10.2. The Morgan fingerprint density at radius 3 is 2.81 bits per heavy atom. The Morgan fingerprint density at radius 1 is 1.33 bits per heavy atom. The third-order valence-electron chi connectivity index (χ3n) is 4.17. The van der Waals surface area contributed by atoms with Crippen LogP contribution in [0.1, 0.15) is 32.1 Å². The van der Waals surface area contributed by atoms with Gasteiger partial charge in [-0.1, -0.05) is 19.3 Å². The average Bonchev–Trinajstić information content (AvgIpc) is 2.97. The molecule has 1 fully saturated rings. The number of aliphatic carboxylic acids is 1. The van der Waals surface area contributed by atoms with Crippen molar-refractivity contribution in [1.29, 1.82) is 0 Å². The molecule has 0 spiro atoms. The fourth-order valence-corrected chi connectivity index (χ4v) is 2.97. The van der Waals surface area contributed by atoms with Gasteiger partial charge in [0.25, 0.3) is 0 Å². The molecule has 3 rings (SSSR count). The van der Waals surface area contributed by atoms with Gasteiger partial charge in [-0.25, -0.2) is 4.68 Å². The van der Waals surface area contributed by atoms with E-state index < -0.39 is 11.4 Å². The third-order valence-corrected chi connectivity index (χ3v) is 4.17. The molecular formula is C14H17N5O2. The van der Waals surface area contributed by atoms with Crippen LogP contribution in [0.15, 0.2) is 24.5 Å².